The summed E-state index contributed by atoms with van der Waals surface area (Å²) in [5, 5.41) is 0. The van der Waals surface area contributed by atoms with E-state index in [1.807, 2.05) is 45.2 Å². The summed E-state index contributed by atoms with van der Waals surface area (Å²) in [5.74, 6) is 0.614. The second-order valence-electron chi connectivity index (χ2n) is 12.6. The molecule has 3 N–H and O–H groups in total. The van der Waals surface area contributed by atoms with Crippen molar-refractivity contribution in [1.29, 1.82) is 0 Å². The highest BCUT2D eigenvalue weighted by Crippen LogP contribution is 2.30. The zero-order valence-corrected chi connectivity index (χ0v) is 27.0. The highest BCUT2D eigenvalue weighted by molar-refractivity contribution is 7.79. The Hall–Kier alpha value is -3.14. The molecule has 8 nitrogen and oxygen atoms in total. The van der Waals surface area contributed by atoms with Crippen molar-refractivity contribution in [2.24, 2.45) is 5.41 Å². The van der Waals surface area contributed by atoms with E-state index in [1.165, 1.54) is 12.1 Å². The molecule has 3 aromatic rings. The van der Waals surface area contributed by atoms with Crippen LogP contribution in [0.4, 0.5) is 5.95 Å². The number of nitrogen functional groups attached to an aromatic ring is 1. The lowest BCUT2D eigenvalue weighted by Crippen LogP contribution is -2.59. The molecule has 228 valence electrons. The van der Waals surface area contributed by atoms with Gasteiger partial charge in [-0.2, -0.15) is 0 Å². The maximum atomic E-state index is 14.3. The van der Waals surface area contributed by atoms with Crippen molar-refractivity contribution in [2.75, 3.05) is 25.9 Å². The van der Waals surface area contributed by atoms with Gasteiger partial charge in [0.05, 0.1) is 25.2 Å². The predicted molar refractivity (Wildman–Crippen MR) is 167 cm³/mol. The average Bonchev–Trinajstić information content (AvgIpc) is 2.91. The molecule has 9 heteroatoms. The lowest BCUT2D eigenvalue weighted by atomic mass is 9.87. The molecule has 0 saturated heterocycles. The molecule has 0 aliphatic rings. The summed E-state index contributed by atoms with van der Waals surface area (Å²) in [6.07, 6.45) is 4.51. The van der Waals surface area contributed by atoms with Gasteiger partial charge in [0.15, 0.2) is 5.69 Å². The van der Waals surface area contributed by atoms with Crippen LogP contribution in [0.3, 0.4) is 0 Å². The Morgan fingerprint density at radius 3 is 2.40 bits per heavy atom. The smallest absolute Gasteiger partial charge is 0.390 e. The Morgan fingerprint density at radius 1 is 1.12 bits per heavy atom. The number of nitrogens with zero attached hydrogens (tertiary/aromatic N) is 2. The van der Waals surface area contributed by atoms with Crippen LogP contribution < -0.4 is 15.5 Å². The van der Waals surface area contributed by atoms with Gasteiger partial charge in [0, 0.05) is 16.9 Å². The average molecular weight is 596 g/mol. The molecule has 3 rings (SSSR count). The Kier molecular flexibility index (Phi) is 11.4. The fraction of sp³-hybridized carbons (Fsp3) is 0.485. The maximum Gasteiger partial charge on any atom is 0.390 e. The molecule has 0 fully saturated rings. The fourth-order valence-electron chi connectivity index (χ4n) is 5.39. The van der Waals surface area contributed by atoms with Crippen molar-refractivity contribution in [3.05, 3.63) is 65.2 Å². The van der Waals surface area contributed by atoms with Crippen molar-refractivity contribution < 1.29 is 27.8 Å². The van der Waals surface area contributed by atoms with Crippen LogP contribution in [-0.4, -0.2) is 50.4 Å². The number of aromatic nitrogens is 2. The molecule has 0 aliphatic heterocycles. The Bertz CT molecular complexity index is 1380. The molecule has 0 spiro atoms. The van der Waals surface area contributed by atoms with Crippen molar-refractivity contribution in [3.63, 3.8) is 0 Å². The highest BCUT2D eigenvalue weighted by atomic mass is 32.2. The maximum absolute atomic E-state index is 14.3. The highest BCUT2D eigenvalue weighted by Gasteiger charge is 2.41. The van der Waals surface area contributed by atoms with Gasteiger partial charge in [-0.05, 0) is 78.9 Å². The standard InChI is InChI=1S/C33H46N4O4S/c1-8-9-10-19-37(7,31(38)25-15-12-16-27(20-25)42(39)40)26(17-18-33(4,5)6)22-41-29-21-28(35-32(34)36-29)30-23(2)13-11-14-24(30)3/h11-16,20-21,26H,8-10,17-19,22H2,1-7H3,(H2-,34,35,36,39,40)/p+1/t26-,37?/m1/s1. The number of hydrogen-bond donors (Lipinski definition) is 1. The number of benzene rings is 2. The van der Waals surface area contributed by atoms with Crippen LogP contribution in [0.2, 0.25) is 0 Å². The fourth-order valence-corrected chi connectivity index (χ4v) is 5.80. The van der Waals surface area contributed by atoms with Crippen LogP contribution in [0, 0.1) is 19.3 Å². The molecular weight excluding hydrogens is 548 g/mol. The van der Waals surface area contributed by atoms with E-state index in [9.17, 15) is 13.6 Å². The summed E-state index contributed by atoms with van der Waals surface area (Å²) >= 11 is -2.42. The van der Waals surface area contributed by atoms with Crippen molar-refractivity contribution in [1.82, 2.24) is 4.98 Å². The lowest BCUT2D eigenvalue weighted by Gasteiger charge is -2.40. The number of nitrogens with one attached hydrogen (secondary N) is 1. The normalized spacial score (nSPS) is 14.7. The third-order valence-electron chi connectivity index (χ3n) is 7.93. The number of aryl methyl sites for hydroxylation is 2. The zero-order valence-electron chi connectivity index (χ0n) is 26.2. The molecule has 1 heterocycles. The number of hydrogen-bond acceptors (Lipinski definition) is 6. The summed E-state index contributed by atoms with van der Waals surface area (Å²) in [6.45, 7) is 13.7. The van der Waals surface area contributed by atoms with Gasteiger partial charge in [-0.3, -0.25) is 14.4 Å². The van der Waals surface area contributed by atoms with Crippen LogP contribution in [0.25, 0.3) is 11.3 Å². The topological polar surface area (TPSA) is 119 Å². The lowest BCUT2D eigenvalue weighted by molar-refractivity contribution is -0.856. The number of nitrogens with two attached hydrogens (primary N) is 1. The molecule has 0 aliphatic carbocycles. The SMILES string of the molecule is CCCCC[N+](C)(C(=O)c1cccc(S(=O)[O-])c1)[C@H](CCC(C)(C)C)COc1cc(-c2c(C)cccc2C)nc(N)[nH+]1. The molecule has 1 aromatic heterocycles. The molecule has 2 unspecified atom stereocenters. The number of carbonyl (C=O) groups excluding carboxylic acids is 1. The van der Waals surface area contributed by atoms with Gasteiger partial charge in [0.2, 0.25) is 0 Å². The molecule has 42 heavy (non-hydrogen) atoms. The van der Waals surface area contributed by atoms with E-state index >= 15 is 0 Å². The molecule has 2 aromatic carbocycles. The molecular formula is C33H47N4O4S+. The van der Waals surface area contributed by atoms with Crippen LogP contribution in [0.5, 0.6) is 5.88 Å². The molecule has 1 amide bonds. The molecule has 0 saturated carbocycles. The third-order valence-corrected chi connectivity index (χ3v) is 8.56. The monoisotopic (exact) mass is 595 g/mol. The minimum Gasteiger partial charge on any atom is -0.768 e. The second kappa shape index (κ2) is 14.4. The first-order valence-electron chi connectivity index (χ1n) is 14.7. The first-order valence-corrected chi connectivity index (χ1v) is 15.8. The van der Waals surface area contributed by atoms with Gasteiger partial charge in [-0.15, -0.1) is 0 Å². The van der Waals surface area contributed by atoms with E-state index in [0.717, 1.165) is 54.5 Å². The minimum atomic E-state index is -2.42. The number of unbranched alkanes of at least 4 members (excludes halogenated alkanes) is 2. The first kappa shape index (κ1) is 33.4. The first-order chi connectivity index (χ1) is 19.7. The Labute approximate surface area is 253 Å². The van der Waals surface area contributed by atoms with Crippen LogP contribution in [0.15, 0.2) is 53.4 Å². The predicted octanol–water partition coefficient (Wildman–Crippen LogP) is 6.05. The second-order valence-corrected chi connectivity index (χ2v) is 13.6. The number of quaternary nitrogens is 1. The number of likely N-dealkylation sites (N-methyl/N-ethyl adjacent to an activating group) is 1. The van der Waals surface area contributed by atoms with Gasteiger partial charge in [0.25, 0.3) is 5.88 Å². The number of H-pyrrole nitrogens is 1. The molecule has 0 bridgehead atoms. The zero-order chi connectivity index (χ0) is 31.1. The van der Waals surface area contributed by atoms with E-state index in [4.69, 9.17) is 10.5 Å². The summed E-state index contributed by atoms with van der Waals surface area (Å²) in [7, 11) is 1.96. The van der Waals surface area contributed by atoms with Crippen LogP contribution in [0.1, 0.15) is 81.3 Å². The van der Waals surface area contributed by atoms with Gasteiger partial charge in [-0.1, -0.05) is 63.4 Å². The van der Waals surface area contributed by atoms with Crippen LogP contribution >= 0.6 is 0 Å². The Morgan fingerprint density at radius 2 is 1.79 bits per heavy atom. The number of carbonyl (C=O) groups is 1. The minimum absolute atomic E-state index is 0.0532. The summed E-state index contributed by atoms with van der Waals surface area (Å²) in [6, 6.07) is 14.1. The largest absolute Gasteiger partial charge is 0.768 e. The third kappa shape index (κ3) is 8.69. The van der Waals surface area contributed by atoms with Crippen molar-refractivity contribution in [3.8, 4) is 17.1 Å². The van der Waals surface area contributed by atoms with Gasteiger partial charge >= 0.3 is 11.9 Å². The van der Waals surface area contributed by atoms with Crippen molar-refractivity contribution in [2.45, 2.75) is 84.6 Å². The number of anilines is 1. The van der Waals surface area contributed by atoms with Crippen molar-refractivity contribution >= 4 is 22.9 Å². The van der Waals surface area contributed by atoms with Gasteiger partial charge in [0.1, 0.15) is 12.6 Å². The van der Waals surface area contributed by atoms with E-state index in [-0.39, 0.29) is 39.3 Å². The van der Waals surface area contributed by atoms with E-state index in [2.05, 4.69) is 37.7 Å². The van der Waals surface area contributed by atoms with E-state index in [1.54, 1.807) is 12.1 Å². The van der Waals surface area contributed by atoms with E-state index < -0.39 is 11.1 Å². The summed E-state index contributed by atoms with van der Waals surface area (Å²) in [5.41, 5.74) is 10.5. The number of aromatic amines is 1. The summed E-state index contributed by atoms with van der Waals surface area (Å²) in [4.78, 5) is 22.0. The number of amides is 1. The molecule has 3 atom stereocenters. The number of rotatable bonds is 13. The summed E-state index contributed by atoms with van der Waals surface area (Å²) < 4.78 is 29.9. The van der Waals surface area contributed by atoms with Crippen LogP contribution in [-0.2, 0) is 11.1 Å². The quantitative estimate of drug-likeness (QED) is 0.146. The number of ether oxygens (including phenoxy) is 1. The van der Waals surface area contributed by atoms with Gasteiger partial charge in [-0.25, -0.2) is 9.78 Å². The van der Waals surface area contributed by atoms with Gasteiger partial charge < -0.3 is 9.29 Å². The molecule has 0 radical (unpaired) electrons. The van der Waals surface area contributed by atoms with E-state index in [0.29, 0.717) is 18.0 Å². The Balaban J connectivity index is 2.01.